The summed E-state index contributed by atoms with van der Waals surface area (Å²) in [4.78, 5) is 11.1. The zero-order valence-electron chi connectivity index (χ0n) is 15.0. The first-order valence-corrected chi connectivity index (χ1v) is 10.6. The highest BCUT2D eigenvalue weighted by Crippen LogP contribution is 2.38. The van der Waals surface area contributed by atoms with Crippen molar-refractivity contribution in [2.45, 2.75) is 44.2 Å². The van der Waals surface area contributed by atoms with Gasteiger partial charge in [-0.2, -0.15) is 5.10 Å². The molecule has 2 fully saturated rings. The molecule has 0 bridgehead atoms. The third-order valence-electron chi connectivity index (χ3n) is 6.00. The van der Waals surface area contributed by atoms with Crippen LogP contribution in [0.25, 0.3) is 10.2 Å². The maximum Gasteiger partial charge on any atom is 0.126 e. The Morgan fingerprint density at radius 2 is 1.92 bits per heavy atom. The zero-order chi connectivity index (χ0) is 17.5. The third-order valence-corrected chi connectivity index (χ3v) is 7.26. The minimum Gasteiger partial charge on any atom is -0.384 e. The number of hydrogen-bond acceptors (Lipinski definition) is 7. The second kappa shape index (κ2) is 6.70. The minimum absolute atomic E-state index is 0.280. The highest BCUT2D eigenvalue weighted by atomic mass is 32.1. The Labute approximate surface area is 158 Å². The molecule has 1 atom stereocenters. The Morgan fingerprint density at radius 1 is 1.12 bits per heavy atom. The van der Waals surface area contributed by atoms with E-state index in [-0.39, 0.29) is 6.04 Å². The van der Waals surface area contributed by atoms with Gasteiger partial charge in [-0.1, -0.05) is 12.8 Å². The zero-order valence-corrected chi connectivity index (χ0v) is 15.8. The fourth-order valence-electron chi connectivity index (χ4n) is 4.58. The van der Waals surface area contributed by atoms with Gasteiger partial charge in [0.05, 0.1) is 21.9 Å². The molecule has 2 aromatic heterocycles. The second-order valence-electron chi connectivity index (χ2n) is 7.62. The Morgan fingerprint density at radius 3 is 2.65 bits per heavy atom. The van der Waals surface area contributed by atoms with Crippen molar-refractivity contribution in [1.82, 2.24) is 15.3 Å². The van der Waals surface area contributed by atoms with Crippen LogP contribution in [0.2, 0.25) is 0 Å². The molecule has 5 rings (SSSR count). The molecule has 0 aromatic carbocycles. The van der Waals surface area contributed by atoms with E-state index in [1.165, 1.54) is 40.9 Å². The average Bonchev–Trinajstić information content (AvgIpc) is 3.40. The lowest BCUT2D eigenvalue weighted by molar-refractivity contribution is 0.187. The summed E-state index contributed by atoms with van der Waals surface area (Å²) in [6.07, 6.45) is 8.47. The first kappa shape index (κ1) is 16.3. The molecule has 3 N–H and O–H groups in total. The molecule has 1 aliphatic carbocycles. The van der Waals surface area contributed by atoms with Crippen molar-refractivity contribution in [2.24, 2.45) is 5.10 Å². The van der Waals surface area contributed by atoms with Crippen LogP contribution in [0.3, 0.4) is 0 Å². The molecule has 2 aromatic rings. The number of thiophene rings is 1. The Balaban J connectivity index is 1.39. The summed E-state index contributed by atoms with van der Waals surface area (Å²) >= 11 is 1.83. The van der Waals surface area contributed by atoms with Crippen LogP contribution in [-0.2, 0) is 0 Å². The quantitative estimate of drug-likeness (QED) is 0.869. The fourth-order valence-corrected chi connectivity index (χ4v) is 5.78. The van der Waals surface area contributed by atoms with E-state index in [4.69, 9.17) is 5.73 Å². The number of fused-ring (bicyclic) bond motifs is 1. The van der Waals surface area contributed by atoms with Crippen LogP contribution in [0.1, 0.15) is 43.0 Å². The molecule has 1 saturated carbocycles. The van der Waals surface area contributed by atoms with Gasteiger partial charge >= 0.3 is 0 Å². The Bertz CT molecular complexity index is 809. The molecule has 0 spiro atoms. The maximum absolute atomic E-state index is 6.14. The summed E-state index contributed by atoms with van der Waals surface area (Å²) in [5, 5.41) is 4.16. The normalized spacial score (nSPS) is 24.6. The fraction of sp³-hybridized carbons (Fsp3) is 0.579. The van der Waals surface area contributed by atoms with Gasteiger partial charge in [0.25, 0.3) is 0 Å². The molecule has 0 amide bonds. The number of anilines is 2. The highest BCUT2D eigenvalue weighted by molar-refractivity contribution is 7.19. The summed E-state index contributed by atoms with van der Waals surface area (Å²) in [6.45, 7) is 4.47. The smallest absolute Gasteiger partial charge is 0.126 e. The van der Waals surface area contributed by atoms with Crippen LogP contribution in [0, 0.1) is 0 Å². The summed E-state index contributed by atoms with van der Waals surface area (Å²) in [5.74, 6) is 0.616. The predicted molar refractivity (Wildman–Crippen MR) is 109 cm³/mol. The van der Waals surface area contributed by atoms with Gasteiger partial charge in [-0.15, -0.1) is 11.3 Å². The standard InChI is InChI=1S/C19H26N6S/c20-18-12-16(25-9-7-24(8-10-25)13-3-1-2-4-13)19-15(22-18)11-17(26-19)14-5-6-21-23-14/h6,11-14,23H,1-5,7-10H2,(H2,20,22). The number of nitrogens with one attached hydrogen (secondary N) is 1. The topological polar surface area (TPSA) is 69.8 Å². The molecule has 6 nitrogen and oxygen atoms in total. The minimum atomic E-state index is 0.280. The van der Waals surface area contributed by atoms with E-state index in [0.29, 0.717) is 5.82 Å². The van der Waals surface area contributed by atoms with Crippen LogP contribution < -0.4 is 16.1 Å². The summed E-state index contributed by atoms with van der Waals surface area (Å²) < 4.78 is 1.26. The number of hydrogen-bond donors (Lipinski definition) is 2. The Hall–Kier alpha value is -1.86. The number of pyridine rings is 1. The van der Waals surface area contributed by atoms with Gasteiger partial charge in [-0.05, 0) is 18.9 Å². The number of piperazine rings is 1. The molecule has 3 aliphatic rings. The van der Waals surface area contributed by atoms with E-state index in [0.717, 1.165) is 44.2 Å². The number of nitrogens with two attached hydrogens (primary N) is 1. The van der Waals surface area contributed by atoms with E-state index in [9.17, 15) is 0 Å². The third kappa shape index (κ3) is 2.93. The molecule has 0 radical (unpaired) electrons. The van der Waals surface area contributed by atoms with E-state index in [1.54, 1.807) is 0 Å². The number of nitrogens with zero attached hydrogens (tertiary/aromatic N) is 4. The van der Waals surface area contributed by atoms with E-state index in [1.807, 2.05) is 17.6 Å². The van der Waals surface area contributed by atoms with E-state index < -0.39 is 0 Å². The van der Waals surface area contributed by atoms with Gasteiger partial charge in [0.15, 0.2) is 0 Å². The second-order valence-corrected chi connectivity index (χ2v) is 8.70. The number of nitrogen functional groups attached to an aromatic ring is 1. The first-order chi connectivity index (χ1) is 12.8. The van der Waals surface area contributed by atoms with Crippen LogP contribution in [0.5, 0.6) is 0 Å². The molecule has 1 saturated heterocycles. The summed E-state index contributed by atoms with van der Waals surface area (Å²) in [5.41, 5.74) is 11.6. The number of hydrazone groups is 1. The van der Waals surface area contributed by atoms with Gasteiger partial charge in [0.2, 0.25) is 0 Å². The Kier molecular flexibility index (Phi) is 4.21. The monoisotopic (exact) mass is 370 g/mol. The van der Waals surface area contributed by atoms with Crippen molar-refractivity contribution in [3.05, 3.63) is 17.0 Å². The van der Waals surface area contributed by atoms with Crippen molar-refractivity contribution in [3.63, 3.8) is 0 Å². The van der Waals surface area contributed by atoms with Gasteiger partial charge in [-0.3, -0.25) is 4.90 Å². The van der Waals surface area contributed by atoms with Crippen molar-refractivity contribution in [2.75, 3.05) is 36.8 Å². The van der Waals surface area contributed by atoms with Crippen molar-refractivity contribution < 1.29 is 0 Å². The van der Waals surface area contributed by atoms with Crippen molar-refractivity contribution in [1.29, 1.82) is 0 Å². The van der Waals surface area contributed by atoms with Gasteiger partial charge in [0.1, 0.15) is 5.82 Å². The largest absolute Gasteiger partial charge is 0.384 e. The van der Waals surface area contributed by atoms with E-state index >= 15 is 0 Å². The van der Waals surface area contributed by atoms with Gasteiger partial charge in [0, 0.05) is 55.8 Å². The average molecular weight is 371 g/mol. The molecular weight excluding hydrogens is 344 g/mol. The van der Waals surface area contributed by atoms with Crippen LogP contribution in [0.4, 0.5) is 11.5 Å². The molecule has 138 valence electrons. The molecule has 2 aliphatic heterocycles. The molecule has 4 heterocycles. The lowest BCUT2D eigenvalue weighted by atomic mass is 10.1. The van der Waals surface area contributed by atoms with Gasteiger partial charge < -0.3 is 16.1 Å². The van der Waals surface area contributed by atoms with Crippen LogP contribution in [0.15, 0.2) is 17.2 Å². The van der Waals surface area contributed by atoms with E-state index in [2.05, 4.69) is 37.4 Å². The molecule has 26 heavy (non-hydrogen) atoms. The lowest BCUT2D eigenvalue weighted by Gasteiger charge is -2.39. The lowest BCUT2D eigenvalue weighted by Crippen LogP contribution is -2.49. The maximum atomic E-state index is 6.14. The number of aromatic nitrogens is 1. The van der Waals surface area contributed by atoms with Crippen LogP contribution in [-0.4, -0.2) is 48.3 Å². The van der Waals surface area contributed by atoms with Crippen molar-refractivity contribution >= 4 is 39.3 Å². The molecular formula is C19H26N6S. The highest BCUT2D eigenvalue weighted by Gasteiger charge is 2.27. The summed E-state index contributed by atoms with van der Waals surface area (Å²) in [7, 11) is 0. The SMILES string of the molecule is Nc1cc(N2CCN(C3CCCC3)CC2)c2sc(C3CC=NN3)cc2n1. The summed E-state index contributed by atoms with van der Waals surface area (Å²) in [6, 6.07) is 5.34. The predicted octanol–water partition coefficient (Wildman–Crippen LogP) is 2.96. The number of rotatable bonds is 3. The van der Waals surface area contributed by atoms with Gasteiger partial charge in [-0.25, -0.2) is 4.98 Å². The molecule has 1 unspecified atom stereocenters. The first-order valence-electron chi connectivity index (χ1n) is 9.74. The van der Waals surface area contributed by atoms with Crippen LogP contribution >= 0.6 is 11.3 Å². The molecule has 7 heteroatoms. The van der Waals surface area contributed by atoms with Crippen molar-refractivity contribution in [3.8, 4) is 0 Å².